The van der Waals surface area contributed by atoms with Crippen LogP contribution in [0.5, 0.6) is 0 Å². The molecule has 0 spiro atoms. The Morgan fingerprint density at radius 3 is 2.44 bits per heavy atom. The molecule has 3 fully saturated rings. The molecule has 4 aliphatic carbocycles. The van der Waals surface area contributed by atoms with Crippen LogP contribution in [-0.4, -0.2) is 65.6 Å². The number of ketones is 1. The number of cyclic esters (lactones) is 1. The Kier molecular flexibility index (Phi) is 6.21. The smallest absolute Gasteiger partial charge is 0.334 e. The highest BCUT2D eigenvalue weighted by Gasteiger charge is 2.72. The highest BCUT2D eigenvalue weighted by Crippen LogP contribution is 2.69. The third-order valence-corrected chi connectivity index (χ3v) is 12.8. The van der Waals surface area contributed by atoms with Crippen molar-refractivity contribution in [2.24, 2.45) is 34.5 Å². The maximum Gasteiger partial charge on any atom is 0.334 e. The van der Waals surface area contributed by atoms with Gasteiger partial charge in [0.05, 0.1) is 11.5 Å². The third kappa shape index (κ3) is 3.23. The quantitative estimate of drug-likeness (QED) is 0.214. The highest BCUT2D eigenvalue weighted by molar-refractivity contribution is 14.1. The Balaban J connectivity index is 1.51. The van der Waals surface area contributed by atoms with Crippen molar-refractivity contribution in [1.29, 1.82) is 0 Å². The Hall–Kier alpha value is -0.810. The van der Waals surface area contributed by atoms with Crippen LogP contribution in [0.15, 0.2) is 23.3 Å². The minimum atomic E-state index is -1.55. The summed E-state index contributed by atoms with van der Waals surface area (Å²) in [7, 11) is 0. The van der Waals surface area contributed by atoms with E-state index < -0.39 is 52.2 Å². The van der Waals surface area contributed by atoms with E-state index in [1.54, 1.807) is 13.8 Å². The second kappa shape index (κ2) is 8.34. The van der Waals surface area contributed by atoms with Gasteiger partial charge < -0.3 is 25.2 Å². The number of hydrogen-bond donors (Lipinski definition) is 4. The summed E-state index contributed by atoms with van der Waals surface area (Å²) in [5.74, 6) is -1.15. The Bertz CT molecular complexity index is 1050. The summed E-state index contributed by atoms with van der Waals surface area (Å²) in [5, 5.41) is 46.0. The van der Waals surface area contributed by atoms with Crippen LogP contribution < -0.4 is 0 Å². The van der Waals surface area contributed by atoms with Gasteiger partial charge in [0.15, 0.2) is 5.78 Å². The maximum atomic E-state index is 13.4. The van der Waals surface area contributed by atoms with E-state index in [-0.39, 0.29) is 27.5 Å². The number of aliphatic hydroxyl groups excluding tert-OH is 2. The van der Waals surface area contributed by atoms with Crippen molar-refractivity contribution in [1.82, 2.24) is 0 Å². The third-order valence-electron chi connectivity index (χ3n) is 11.4. The molecular formula is C28H39IO7. The molecular weight excluding hydrogens is 575 g/mol. The average molecular weight is 615 g/mol. The van der Waals surface area contributed by atoms with Crippen LogP contribution >= 0.6 is 22.6 Å². The van der Waals surface area contributed by atoms with E-state index in [9.17, 15) is 30.0 Å². The van der Waals surface area contributed by atoms with Crippen molar-refractivity contribution in [3.05, 3.63) is 23.3 Å². The van der Waals surface area contributed by atoms with Gasteiger partial charge in [0.1, 0.15) is 23.4 Å². The van der Waals surface area contributed by atoms with Gasteiger partial charge in [-0.1, -0.05) is 35.1 Å². The molecule has 5 rings (SSSR count). The van der Waals surface area contributed by atoms with E-state index in [0.717, 1.165) is 5.57 Å². The van der Waals surface area contributed by atoms with Crippen LogP contribution in [0.2, 0.25) is 0 Å². The van der Waals surface area contributed by atoms with Crippen LogP contribution in [-0.2, 0) is 14.3 Å². The van der Waals surface area contributed by atoms with Crippen molar-refractivity contribution in [2.75, 3.05) is 0 Å². The van der Waals surface area contributed by atoms with Crippen LogP contribution in [0.4, 0.5) is 0 Å². The summed E-state index contributed by atoms with van der Waals surface area (Å²) in [6, 6.07) is 0. The molecule has 200 valence electrons. The molecule has 0 unspecified atom stereocenters. The zero-order valence-electron chi connectivity index (χ0n) is 21.7. The number of allylic oxidation sites excluding steroid dienone is 1. The molecule has 0 radical (unpaired) electrons. The summed E-state index contributed by atoms with van der Waals surface area (Å²) in [6.45, 7) is 9.25. The van der Waals surface area contributed by atoms with Crippen molar-refractivity contribution in [3.8, 4) is 0 Å². The first kappa shape index (κ1) is 26.8. The lowest BCUT2D eigenvalue weighted by molar-refractivity contribution is -0.219. The topological polar surface area (TPSA) is 124 Å². The van der Waals surface area contributed by atoms with Gasteiger partial charge in [0, 0.05) is 21.8 Å². The molecule has 8 heteroatoms. The number of carbonyl (C=O) groups is 2. The molecule has 7 nitrogen and oxygen atoms in total. The monoisotopic (exact) mass is 614 g/mol. The normalized spacial score (nSPS) is 52.3. The summed E-state index contributed by atoms with van der Waals surface area (Å²) in [6.07, 6.45) is 3.05. The van der Waals surface area contributed by atoms with Gasteiger partial charge in [0.2, 0.25) is 0 Å². The van der Waals surface area contributed by atoms with Gasteiger partial charge in [-0.3, -0.25) is 4.79 Å². The number of fused-ring (bicyclic) bond motifs is 5. The predicted molar refractivity (Wildman–Crippen MR) is 141 cm³/mol. The van der Waals surface area contributed by atoms with Crippen molar-refractivity contribution < 1.29 is 34.8 Å². The van der Waals surface area contributed by atoms with Gasteiger partial charge >= 0.3 is 5.97 Å². The molecule has 36 heavy (non-hydrogen) atoms. The van der Waals surface area contributed by atoms with Gasteiger partial charge in [-0.15, -0.1) is 0 Å². The van der Waals surface area contributed by atoms with E-state index in [0.29, 0.717) is 37.7 Å². The number of esters is 1. The van der Waals surface area contributed by atoms with Crippen LogP contribution in [0.3, 0.4) is 0 Å². The molecule has 0 aromatic rings. The molecule has 5 aliphatic rings. The lowest BCUT2D eigenvalue weighted by atomic mass is 9.43. The number of hydrogen-bond acceptors (Lipinski definition) is 7. The molecule has 4 N–H and O–H groups in total. The molecule has 1 heterocycles. The van der Waals surface area contributed by atoms with Crippen molar-refractivity contribution in [3.63, 3.8) is 0 Å². The zero-order valence-corrected chi connectivity index (χ0v) is 23.9. The van der Waals surface area contributed by atoms with Crippen LogP contribution in [0.1, 0.15) is 66.7 Å². The second-order valence-electron chi connectivity index (χ2n) is 12.8. The summed E-state index contributed by atoms with van der Waals surface area (Å²) in [4.78, 5) is 25.8. The first-order chi connectivity index (χ1) is 16.6. The Morgan fingerprint density at radius 1 is 1.14 bits per heavy atom. The van der Waals surface area contributed by atoms with Crippen LogP contribution in [0.25, 0.3) is 0 Å². The fourth-order valence-corrected chi connectivity index (χ4v) is 10.8. The van der Waals surface area contributed by atoms with E-state index >= 15 is 0 Å². The van der Waals surface area contributed by atoms with E-state index in [2.05, 4.69) is 29.5 Å². The Morgan fingerprint density at radius 2 is 1.81 bits per heavy atom. The van der Waals surface area contributed by atoms with Gasteiger partial charge in [-0.2, -0.15) is 0 Å². The minimum Gasteiger partial charge on any atom is -0.456 e. The number of carbonyl (C=O) groups excluding carboxylic acids is 2. The lowest BCUT2D eigenvalue weighted by Gasteiger charge is -2.64. The summed E-state index contributed by atoms with van der Waals surface area (Å²) >= 11 is 2.19. The second-order valence-corrected chi connectivity index (χ2v) is 14.3. The van der Waals surface area contributed by atoms with Crippen molar-refractivity contribution in [2.45, 2.75) is 100 Å². The minimum absolute atomic E-state index is 0.0230. The fraction of sp³-hybridized carbons (Fsp3) is 0.786. The highest BCUT2D eigenvalue weighted by atomic mass is 127. The molecule has 0 amide bonds. The largest absolute Gasteiger partial charge is 0.456 e. The number of alkyl halides is 1. The van der Waals surface area contributed by atoms with Crippen LogP contribution in [0, 0.1) is 34.5 Å². The first-order valence-electron chi connectivity index (χ1n) is 13.2. The van der Waals surface area contributed by atoms with Gasteiger partial charge in [-0.05, 0) is 88.7 Å². The number of halogens is 1. The number of aliphatic hydroxyl groups is 4. The Labute approximate surface area is 226 Å². The predicted octanol–water partition coefficient (Wildman–Crippen LogP) is 2.86. The standard InChI is InChI=1S/C28H39IO7/c1-13-10-22(36-24(33)14(13)2)27(5,34)23-18(30)12-17-15-11-19(29)28(35)21(32)7-6-20(31)26(28,4)16(15)8-9-25(17,23)3/h6-7,15-19,21-23,30,32,34-35H,8-12H2,1-5H3/t15-,16+,17+,18+,19+,21+,22-,23+,25+,26+,27+,28+/m1/s1. The van der Waals surface area contributed by atoms with Gasteiger partial charge in [-0.25, -0.2) is 4.79 Å². The molecule has 0 saturated heterocycles. The molecule has 0 bridgehead atoms. The first-order valence-corrected chi connectivity index (χ1v) is 14.4. The molecule has 1 aliphatic heterocycles. The fourth-order valence-electron chi connectivity index (χ4n) is 9.21. The number of rotatable bonds is 2. The van der Waals surface area contributed by atoms with Crippen molar-refractivity contribution >= 4 is 34.3 Å². The summed E-state index contributed by atoms with van der Waals surface area (Å²) < 4.78 is 5.35. The summed E-state index contributed by atoms with van der Waals surface area (Å²) in [5.41, 5.74) is -3.08. The molecule has 3 saturated carbocycles. The molecule has 12 atom stereocenters. The maximum absolute atomic E-state index is 13.4. The zero-order chi connectivity index (χ0) is 26.6. The molecule has 0 aromatic carbocycles. The lowest BCUT2D eigenvalue weighted by Crippen LogP contribution is -2.72. The van der Waals surface area contributed by atoms with E-state index in [1.165, 1.54) is 12.2 Å². The number of ether oxygens (including phenoxy) is 1. The van der Waals surface area contributed by atoms with E-state index in [1.807, 2.05) is 13.8 Å². The van der Waals surface area contributed by atoms with E-state index in [4.69, 9.17) is 4.74 Å². The molecule has 0 aromatic heterocycles. The SMILES string of the molecule is CC1=C(C)C(=O)O[C@@H]([C@](C)(O)[C@H]2[C@@H](O)C[C@H]3[C@@H]4C[C@H](I)[C@]5(O)[C@@H](O)C=CC(=O)[C@]5(C)[C@H]4CC[C@]23C)C1. The van der Waals surface area contributed by atoms with Gasteiger partial charge in [0.25, 0.3) is 0 Å². The average Bonchev–Trinajstić information content (AvgIpc) is 3.08.